The molecule has 1 aliphatic carbocycles. The van der Waals surface area contributed by atoms with Crippen LogP contribution in [0.3, 0.4) is 0 Å². The highest BCUT2D eigenvalue weighted by atomic mass is 19.1. The van der Waals surface area contributed by atoms with Crippen molar-refractivity contribution in [3.05, 3.63) is 41.7 Å². The number of benzene rings is 1. The van der Waals surface area contributed by atoms with Crippen LogP contribution in [0.2, 0.25) is 0 Å². The Labute approximate surface area is 107 Å². The number of rotatable bonds is 4. The summed E-state index contributed by atoms with van der Waals surface area (Å²) in [5.74, 6) is 0.120. The average molecular weight is 250 g/mol. The van der Waals surface area contributed by atoms with Crippen molar-refractivity contribution in [2.75, 3.05) is 7.11 Å². The molecule has 0 bridgehead atoms. The minimum absolute atomic E-state index is 0.237. The van der Waals surface area contributed by atoms with Gasteiger partial charge < -0.3 is 9.84 Å². The highest BCUT2D eigenvalue weighted by Gasteiger charge is 2.21. The Balaban J connectivity index is 2.06. The van der Waals surface area contributed by atoms with Gasteiger partial charge in [-0.2, -0.15) is 0 Å². The van der Waals surface area contributed by atoms with E-state index in [0.29, 0.717) is 12.0 Å². The molecular formula is C15H19FO2. The molecule has 1 aliphatic rings. The van der Waals surface area contributed by atoms with E-state index in [-0.39, 0.29) is 17.5 Å². The molecule has 0 heterocycles. The lowest BCUT2D eigenvalue weighted by molar-refractivity contribution is 0.101. The van der Waals surface area contributed by atoms with Crippen molar-refractivity contribution in [2.45, 2.75) is 31.8 Å². The molecule has 18 heavy (non-hydrogen) atoms. The molecule has 98 valence electrons. The summed E-state index contributed by atoms with van der Waals surface area (Å²) in [6.45, 7) is 0. The van der Waals surface area contributed by atoms with Crippen LogP contribution >= 0.6 is 0 Å². The fourth-order valence-electron chi connectivity index (χ4n) is 2.43. The van der Waals surface area contributed by atoms with Crippen LogP contribution in [0, 0.1) is 11.7 Å². The van der Waals surface area contributed by atoms with E-state index >= 15 is 0 Å². The van der Waals surface area contributed by atoms with Crippen LogP contribution in [-0.4, -0.2) is 18.3 Å². The zero-order chi connectivity index (χ0) is 13.0. The maximum Gasteiger partial charge on any atom is 0.168 e. The van der Waals surface area contributed by atoms with Gasteiger partial charge in [-0.1, -0.05) is 24.3 Å². The molecule has 1 aromatic rings. The van der Waals surface area contributed by atoms with E-state index in [1.807, 2.05) is 0 Å². The molecule has 2 nitrogen and oxygen atoms in total. The van der Waals surface area contributed by atoms with E-state index in [1.165, 1.54) is 7.11 Å². The third-order valence-electron chi connectivity index (χ3n) is 3.55. The van der Waals surface area contributed by atoms with Gasteiger partial charge in [0.25, 0.3) is 0 Å². The van der Waals surface area contributed by atoms with Crippen molar-refractivity contribution in [1.82, 2.24) is 0 Å². The normalized spacial score (nSPS) is 20.7. The first-order chi connectivity index (χ1) is 8.72. The monoisotopic (exact) mass is 250 g/mol. The molecule has 0 fully saturated rings. The van der Waals surface area contributed by atoms with E-state index in [4.69, 9.17) is 4.74 Å². The second kappa shape index (κ2) is 6.01. The largest absolute Gasteiger partial charge is 0.494 e. The number of methoxy groups -OCH3 is 1. The minimum atomic E-state index is -0.489. The topological polar surface area (TPSA) is 29.5 Å². The highest BCUT2D eigenvalue weighted by molar-refractivity contribution is 5.31. The summed E-state index contributed by atoms with van der Waals surface area (Å²) in [6, 6.07) is 5.05. The molecule has 3 heteroatoms. The van der Waals surface area contributed by atoms with Crippen LogP contribution in [-0.2, 0) is 6.42 Å². The van der Waals surface area contributed by atoms with Crippen molar-refractivity contribution in [1.29, 1.82) is 0 Å². The van der Waals surface area contributed by atoms with Gasteiger partial charge >= 0.3 is 0 Å². The van der Waals surface area contributed by atoms with Gasteiger partial charge in [-0.3, -0.25) is 0 Å². The molecule has 0 saturated carbocycles. The first kappa shape index (κ1) is 13.1. The Hall–Kier alpha value is -1.35. The number of aliphatic hydroxyl groups excluding tert-OH is 1. The van der Waals surface area contributed by atoms with Gasteiger partial charge in [0.05, 0.1) is 13.2 Å². The van der Waals surface area contributed by atoms with Crippen LogP contribution < -0.4 is 4.74 Å². The number of ether oxygens (including phenoxy) is 1. The van der Waals surface area contributed by atoms with Gasteiger partial charge in [-0.25, -0.2) is 4.39 Å². The van der Waals surface area contributed by atoms with E-state index in [0.717, 1.165) is 19.3 Å². The van der Waals surface area contributed by atoms with E-state index in [2.05, 4.69) is 12.2 Å². The standard InChI is InChI=1S/C15H19FO2/c1-18-14-9-5-8-12(15(14)16)10-13(17)11-6-3-2-4-7-11/h2-3,5,8-9,11,13,17H,4,6-7,10H2,1H3. The van der Waals surface area contributed by atoms with Gasteiger partial charge in [0.2, 0.25) is 0 Å². The predicted octanol–water partition coefficient (Wildman–Crippen LogP) is 3.09. The van der Waals surface area contributed by atoms with Gasteiger partial charge in [0.1, 0.15) is 0 Å². The zero-order valence-electron chi connectivity index (χ0n) is 10.6. The summed E-state index contributed by atoms with van der Waals surface area (Å²) in [6.07, 6.45) is 6.95. The minimum Gasteiger partial charge on any atom is -0.494 e. The van der Waals surface area contributed by atoms with Crippen molar-refractivity contribution in [2.24, 2.45) is 5.92 Å². The van der Waals surface area contributed by atoms with Crippen molar-refractivity contribution < 1.29 is 14.2 Å². The van der Waals surface area contributed by atoms with E-state index in [9.17, 15) is 9.50 Å². The molecule has 1 aromatic carbocycles. The quantitative estimate of drug-likeness (QED) is 0.832. The van der Waals surface area contributed by atoms with Gasteiger partial charge in [0.15, 0.2) is 11.6 Å². The lowest BCUT2D eigenvalue weighted by Crippen LogP contribution is -2.24. The van der Waals surface area contributed by atoms with Crippen LogP contribution in [0.4, 0.5) is 4.39 Å². The number of hydrogen-bond donors (Lipinski definition) is 1. The molecule has 0 aliphatic heterocycles. The maximum absolute atomic E-state index is 14.0. The summed E-state index contributed by atoms with van der Waals surface area (Å²) in [4.78, 5) is 0. The smallest absolute Gasteiger partial charge is 0.168 e. The van der Waals surface area contributed by atoms with Crippen molar-refractivity contribution >= 4 is 0 Å². The summed E-state index contributed by atoms with van der Waals surface area (Å²) in [5, 5.41) is 10.2. The maximum atomic E-state index is 14.0. The van der Waals surface area contributed by atoms with Crippen LogP contribution in [0.5, 0.6) is 5.75 Å². The van der Waals surface area contributed by atoms with Gasteiger partial charge in [-0.15, -0.1) is 0 Å². The van der Waals surface area contributed by atoms with Crippen molar-refractivity contribution in [3.63, 3.8) is 0 Å². The predicted molar refractivity (Wildman–Crippen MR) is 69.1 cm³/mol. The lowest BCUT2D eigenvalue weighted by Gasteiger charge is -2.24. The fourth-order valence-corrected chi connectivity index (χ4v) is 2.43. The number of halogens is 1. The Morgan fingerprint density at radius 1 is 1.44 bits per heavy atom. The summed E-state index contributed by atoms with van der Waals surface area (Å²) in [5.41, 5.74) is 0.524. The third-order valence-corrected chi connectivity index (χ3v) is 3.55. The van der Waals surface area contributed by atoms with Gasteiger partial charge in [0, 0.05) is 6.42 Å². The number of allylic oxidation sites excluding steroid dienone is 2. The Bertz CT molecular complexity index is 429. The molecule has 0 saturated heterocycles. The molecule has 0 radical (unpaired) electrons. The molecule has 2 unspecified atom stereocenters. The zero-order valence-corrected chi connectivity index (χ0v) is 10.6. The average Bonchev–Trinajstić information content (AvgIpc) is 2.42. The van der Waals surface area contributed by atoms with Crippen LogP contribution in [0.15, 0.2) is 30.4 Å². The molecule has 2 rings (SSSR count). The number of hydrogen-bond acceptors (Lipinski definition) is 2. The first-order valence-corrected chi connectivity index (χ1v) is 6.37. The molecular weight excluding hydrogens is 231 g/mol. The second-order valence-corrected chi connectivity index (χ2v) is 4.75. The summed E-state index contributed by atoms with van der Waals surface area (Å²) < 4.78 is 18.9. The molecule has 2 atom stereocenters. The Morgan fingerprint density at radius 2 is 2.28 bits per heavy atom. The highest BCUT2D eigenvalue weighted by Crippen LogP contribution is 2.26. The lowest BCUT2D eigenvalue weighted by atomic mass is 9.86. The van der Waals surface area contributed by atoms with Gasteiger partial charge in [-0.05, 0) is 36.8 Å². The third kappa shape index (κ3) is 2.91. The van der Waals surface area contributed by atoms with Crippen LogP contribution in [0.25, 0.3) is 0 Å². The first-order valence-electron chi connectivity index (χ1n) is 6.37. The second-order valence-electron chi connectivity index (χ2n) is 4.75. The number of aliphatic hydroxyl groups is 1. The Morgan fingerprint density at radius 3 is 2.94 bits per heavy atom. The van der Waals surface area contributed by atoms with E-state index < -0.39 is 6.10 Å². The Kier molecular flexibility index (Phi) is 4.37. The fraction of sp³-hybridized carbons (Fsp3) is 0.467. The van der Waals surface area contributed by atoms with Crippen LogP contribution in [0.1, 0.15) is 24.8 Å². The SMILES string of the molecule is COc1cccc(CC(O)C2CC=CCC2)c1F. The molecule has 0 amide bonds. The van der Waals surface area contributed by atoms with Crippen molar-refractivity contribution in [3.8, 4) is 5.75 Å². The molecule has 1 N–H and O–H groups in total. The molecule has 0 spiro atoms. The summed E-state index contributed by atoms with van der Waals surface area (Å²) in [7, 11) is 1.45. The summed E-state index contributed by atoms with van der Waals surface area (Å²) >= 11 is 0. The van der Waals surface area contributed by atoms with E-state index in [1.54, 1.807) is 18.2 Å². The molecule has 0 aromatic heterocycles.